The Labute approximate surface area is 209 Å². The summed E-state index contributed by atoms with van der Waals surface area (Å²) in [6, 6.07) is 25.7. The van der Waals surface area contributed by atoms with E-state index in [0.717, 1.165) is 0 Å². The van der Waals surface area contributed by atoms with Crippen LogP contribution < -0.4 is 0 Å². The van der Waals surface area contributed by atoms with Crippen LogP contribution in [-0.4, -0.2) is 27.0 Å². The average Bonchev–Trinajstić information content (AvgIpc) is 2.88. The highest BCUT2D eigenvalue weighted by Gasteiger charge is 2.36. The predicted octanol–water partition coefficient (Wildman–Crippen LogP) is 4.69. The molecule has 0 saturated carbocycles. The van der Waals surface area contributed by atoms with Crippen LogP contribution in [0.15, 0.2) is 119 Å². The third-order valence-electron chi connectivity index (χ3n) is 5.24. The number of rotatable bonds is 9. The molecule has 4 aromatic carbocycles. The van der Waals surface area contributed by atoms with Crippen molar-refractivity contribution in [2.24, 2.45) is 0 Å². The van der Waals surface area contributed by atoms with Crippen LogP contribution in [0.1, 0.15) is 23.3 Å². The van der Waals surface area contributed by atoms with Gasteiger partial charge in [0.05, 0.1) is 9.79 Å². The first-order chi connectivity index (χ1) is 17.2. The van der Waals surface area contributed by atoms with Crippen molar-refractivity contribution in [2.45, 2.75) is 22.0 Å². The molecule has 4 aromatic rings. The lowest BCUT2D eigenvalue weighted by molar-refractivity contribution is 0.0615. The summed E-state index contributed by atoms with van der Waals surface area (Å²) in [7, 11) is -8.77. The molecule has 36 heavy (non-hydrogen) atoms. The van der Waals surface area contributed by atoms with E-state index < -0.39 is 32.4 Å². The van der Waals surface area contributed by atoms with Gasteiger partial charge in [-0.15, -0.1) is 0 Å². The molecule has 0 fully saturated rings. The Morgan fingerprint density at radius 1 is 0.472 bits per heavy atom. The van der Waals surface area contributed by atoms with Crippen LogP contribution in [0, 0.1) is 0 Å². The monoisotopic (exact) mass is 526 g/mol. The van der Waals surface area contributed by atoms with E-state index in [0.29, 0.717) is 0 Å². The van der Waals surface area contributed by atoms with E-state index in [4.69, 9.17) is 8.37 Å². The first-order valence-corrected chi connectivity index (χ1v) is 13.5. The fraction of sp³-hybridized carbons (Fsp3) is 0.0769. The lowest BCUT2D eigenvalue weighted by Crippen LogP contribution is -2.24. The zero-order chi connectivity index (χ0) is 25.8. The molecule has 10 heteroatoms. The molecule has 0 saturated heterocycles. The van der Waals surface area contributed by atoms with E-state index in [1.54, 1.807) is 12.1 Å². The Balaban J connectivity index is 1.85. The Kier molecular flexibility index (Phi) is 7.41. The van der Waals surface area contributed by atoms with Gasteiger partial charge in [-0.2, -0.15) is 16.8 Å². The highest BCUT2D eigenvalue weighted by molar-refractivity contribution is 7.87. The van der Waals surface area contributed by atoms with Crippen LogP contribution in [0.3, 0.4) is 0 Å². The summed E-state index contributed by atoms with van der Waals surface area (Å²) in [5.41, 5.74) is 0.460. The number of hydrogen-bond acceptors (Lipinski definition) is 8. The van der Waals surface area contributed by atoms with E-state index in [9.17, 15) is 27.0 Å². The smallest absolute Gasteiger partial charge is 0.297 e. The van der Waals surface area contributed by atoms with E-state index in [1.807, 2.05) is 0 Å². The Bertz CT molecular complexity index is 1380. The Morgan fingerprint density at radius 2 is 0.778 bits per heavy atom. The molecule has 0 spiro atoms. The van der Waals surface area contributed by atoms with Crippen LogP contribution in [0.5, 0.6) is 11.5 Å². The molecular formula is C26H22O8S2. The molecule has 2 unspecified atom stereocenters. The van der Waals surface area contributed by atoms with Gasteiger partial charge in [0.1, 0.15) is 23.7 Å². The van der Waals surface area contributed by atoms with Gasteiger partial charge in [-0.25, -0.2) is 0 Å². The molecule has 0 radical (unpaired) electrons. The van der Waals surface area contributed by atoms with E-state index in [2.05, 4.69) is 0 Å². The molecule has 4 rings (SSSR count). The zero-order valence-corrected chi connectivity index (χ0v) is 20.3. The maximum absolute atomic E-state index is 13.2. The first kappa shape index (κ1) is 25.4. The molecule has 0 amide bonds. The van der Waals surface area contributed by atoms with Gasteiger partial charge < -0.3 is 10.2 Å². The number of hydrogen-bond donors (Lipinski definition) is 2. The van der Waals surface area contributed by atoms with Gasteiger partial charge in [0.15, 0.2) is 0 Å². The zero-order valence-electron chi connectivity index (χ0n) is 18.7. The van der Waals surface area contributed by atoms with Crippen LogP contribution >= 0.6 is 0 Å². The molecule has 0 bridgehead atoms. The minimum absolute atomic E-state index is 0.0811. The average molecular weight is 527 g/mol. The summed E-state index contributed by atoms with van der Waals surface area (Å²) in [5, 5.41) is 19.5. The molecule has 186 valence electrons. The first-order valence-electron chi connectivity index (χ1n) is 10.7. The van der Waals surface area contributed by atoms with Gasteiger partial charge in [0, 0.05) is 0 Å². The molecule has 2 N–H and O–H groups in total. The number of phenols is 2. The second-order valence-electron chi connectivity index (χ2n) is 7.75. The summed E-state index contributed by atoms with van der Waals surface area (Å²) in [6.45, 7) is 0. The van der Waals surface area contributed by atoms with E-state index in [-0.39, 0.29) is 32.4 Å². The summed E-state index contributed by atoms with van der Waals surface area (Å²) in [6.07, 6.45) is -2.97. The summed E-state index contributed by atoms with van der Waals surface area (Å²) < 4.78 is 64.0. The third kappa shape index (κ3) is 5.92. The second-order valence-corrected chi connectivity index (χ2v) is 10.9. The minimum Gasteiger partial charge on any atom is -0.508 e. The molecule has 0 heterocycles. The number of aromatic hydroxyl groups is 2. The van der Waals surface area contributed by atoms with Gasteiger partial charge in [-0.05, 0) is 59.7 Å². The molecule has 0 aliphatic carbocycles. The largest absolute Gasteiger partial charge is 0.508 e. The number of phenolic OH excluding ortho intramolecular Hbond substituents is 2. The van der Waals surface area contributed by atoms with Gasteiger partial charge >= 0.3 is 0 Å². The summed E-state index contributed by atoms with van der Waals surface area (Å²) in [4.78, 5) is -0.270. The molecule has 2 atom stereocenters. The third-order valence-corrected chi connectivity index (χ3v) is 7.86. The van der Waals surface area contributed by atoms with Gasteiger partial charge in [-0.1, -0.05) is 60.7 Å². The van der Waals surface area contributed by atoms with Crippen LogP contribution in [0.2, 0.25) is 0 Å². The Hall–Kier alpha value is -3.70. The van der Waals surface area contributed by atoms with Crippen molar-refractivity contribution in [1.29, 1.82) is 0 Å². The quantitative estimate of drug-likeness (QED) is 0.301. The SMILES string of the molecule is O=S(=O)(OC(c1ccc(O)cc1)C(OS(=O)(=O)c1ccccc1)c1ccc(O)cc1)c1ccccc1. The topological polar surface area (TPSA) is 127 Å². The minimum atomic E-state index is -4.39. The predicted molar refractivity (Wildman–Crippen MR) is 131 cm³/mol. The van der Waals surface area contributed by atoms with Crippen molar-refractivity contribution in [2.75, 3.05) is 0 Å². The van der Waals surface area contributed by atoms with Crippen LogP contribution in [0.25, 0.3) is 0 Å². The number of benzene rings is 4. The standard InChI is InChI=1S/C26H22O8S2/c27-21-15-11-19(12-16-21)25(33-35(29,30)23-7-3-1-4-8-23)26(20-13-17-22(28)18-14-20)34-36(31,32)24-9-5-2-6-10-24/h1-18,25-28H. The van der Waals surface area contributed by atoms with Gasteiger partial charge in [0.25, 0.3) is 20.2 Å². The van der Waals surface area contributed by atoms with E-state index >= 15 is 0 Å². The molecule has 8 nitrogen and oxygen atoms in total. The maximum Gasteiger partial charge on any atom is 0.297 e. The van der Waals surface area contributed by atoms with Crippen molar-refractivity contribution in [1.82, 2.24) is 0 Å². The van der Waals surface area contributed by atoms with Crippen molar-refractivity contribution in [3.05, 3.63) is 120 Å². The maximum atomic E-state index is 13.2. The van der Waals surface area contributed by atoms with Gasteiger partial charge in [0.2, 0.25) is 0 Å². The van der Waals surface area contributed by atoms with Crippen molar-refractivity contribution in [3.63, 3.8) is 0 Å². The lowest BCUT2D eigenvalue weighted by Gasteiger charge is -2.27. The van der Waals surface area contributed by atoms with Crippen molar-refractivity contribution >= 4 is 20.2 Å². The molecule has 0 aliphatic rings. The summed E-state index contributed by atoms with van der Waals surface area (Å²) in [5.74, 6) is -0.162. The lowest BCUT2D eigenvalue weighted by atomic mass is 9.98. The summed E-state index contributed by atoms with van der Waals surface area (Å²) >= 11 is 0. The molecular weight excluding hydrogens is 504 g/mol. The fourth-order valence-electron chi connectivity index (χ4n) is 3.45. The normalized spacial score (nSPS) is 13.7. The molecule has 0 aliphatic heterocycles. The van der Waals surface area contributed by atoms with Gasteiger partial charge in [-0.3, -0.25) is 8.37 Å². The second kappa shape index (κ2) is 10.5. The van der Waals surface area contributed by atoms with E-state index in [1.165, 1.54) is 97.1 Å². The molecule has 0 aromatic heterocycles. The van der Waals surface area contributed by atoms with Crippen LogP contribution in [0.4, 0.5) is 0 Å². The Morgan fingerprint density at radius 3 is 1.08 bits per heavy atom. The highest BCUT2D eigenvalue weighted by Crippen LogP contribution is 2.40. The van der Waals surface area contributed by atoms with Crippen molar-refractivity contribution < 1.29 is 35.4 Å². The van der Waals surface area contributed by atoms with Crippen molar-refractivity contribution in [3.8, 4) is 11.5 Å². The van der Waals surface area contributed by atoms with Crippen LogP contribution in [-0.2, 0) is 28.6 Å². The highest BCUT2D eigenvalue weighted by atomic mass is 32.2. The fourth-order valence-corrected chi connectivity index (χ4v) is 5.62.